The number of fused-ring (bicyclic) bond motifs is 1. The van der Waals surface area contributed by atoms with Gasteiger partial charge in [0.1, 0.15) is 6.07 Å². The molecule has 0 bridgehead atoms. The SMILES string of the molecule is COc1cc2c(cc1OC)C(C)C/C2=C(/C#N)C(=O)C(C)(C)C. The Morgan fingerprint density at radius 1 is 1.22 bits per heavy atom. The number of carbonyl (C=O) groups is 1. The van der Waals surface area contributed by atoms with Crippen LogP contribution in [0.15, 0.2) is 17.7 Å². The third-order valence-corrected chi connectivity index (χ3v) is 4.24. The molecule has 0 aromatic heterocycles. The molecule has 1 aromatic rings. The van der Waals surface area contributed by atoms with Crippen LogP contribution in [0, 0.1) is 16.7 Å². The van der Waals surface area contributed by atoms with Crippen LogP contribution in [0.1, 0.15) is 51.2 Å². The summed E-state index contributed by atoms with van der Waals surface area (Å²) in [6.07, 6.45) is 0.677. The number of Topliss-reactive ketones (excluding diaryl/α,β-unsaturated/α-hetero) is 1. The van der Waals surface area contributed by atoms with Crippen molar-refractivity contribution in [1.29, 1.82) is 5.26 Å². The summed E-state index contributed by atoms with van der Waals surface area (Å²) in [6.45, 7) is 7.59. The minimum Gasteiger partial charge on any atom is -0.493 e. The molecule has 0 fully saturated rings. The Bertz CT molecular complexity index is 717. The first-order chi connectivity index (χ1) is 10.7. The molecule has 0 saturated heterocycles. The number of ether oxygens (including phenoxy) is 2. The van der Waals surface area contributed by atoms with E-state index < -0.39 is 5.41 Å². The summed E-state index contributed by atoms with van der Waals surface area (Å²) in [4.78, 5) is 12.6. The lowest BCUT2D eigenvalue weighted by Gasteiger charge is -2.17. The van der Waals surface area contributed by atoms with E-state index in [4.69, 9.17) is 9.47 Å². The molecule has 4 nitrogen and oxygen atoms in total. The molecular formula is C19H23NO3. The van der Waals surface area contributed by atoms with Crippen LogP contribution in [-0.2, 0) is 4.79 Å². The molecule has 0 spiro atoms. The van der Waals surface area contributed by atoms with Gasteiger partial charge in [0.05, 0.1) is 19.8 Å². The fraction of sp³-hybridized carbons (Fsp3) is 0.474. The van der Waals surface area contributed by atoms with Crippen LogP contribution in [0.2, 0.25) is 0 Å². The number of hydrogen-bond donors (Lipinski definition) is 0. The normalized spacial score (nSPS) is 18.9. The molecule has 2 rings (SSSR count). The van der Waals surface area contributed by atoms with E-state index in [9.17, 15) is 10.1 Å². The summed E-state index contributed by atoms with van der Waals surface area (Å²) in [7, 11) is 3.18. The largest absolute Gasteiger partial charge is 0.493 e. The molecule has 23 heavy (non-hydrogen) atoms. The van der Waals surface area contributed by atoms with Gasteiger partial charge in [0.15, 0.2) is 17.3 Å². The number of benzene rings is 1. The Hall–Kier alpha value is -2.28. The standard InChI is InChI=1S/C19H23NO3/c1-11-7-13(15(10-20)18(21)19(2,3)4)14-9-17(23-6)16(22-5)8-12(11)14/h8-9,11H,7H2,1-6H3/b15-13+. The predicted molar refractivity (Wildman–Crippen MR) is 89.6 cm³/mol. The zero-order valence-electron chi connectivity index (χ0n) is 14.6. The molecule has 0 N–H and O–H groups in total. The number of methoxy groups -OCH3 is 2. The van der Waals surface area contributed by atoms with Gasteiger partial charge in [-0.15, -0.1) is 0 Å². The highest BCUT2D eigenvalue weighted by atomic mass is 16.5. The maximum absolute atomic E-state index is 12.6. The Morgan fingerprint density at radius 3 is 2.26 bits per heavy atom. The summed E-state index contributed by atoms with van der Waals surface area (Å²) in [5.74, 6) is 1.39. The van der Waals surface area contributed by atoms with E-state index in [1.54, 1.807) is 14.2 Å². The zero-order valence-corrected chi connectivity index (χ0v) is 14.6. The summed E-state index contributed by atoms with van der Waals surface area (Å²) in [6, 6.07) is 5.96. The van der Waals surface area contributed by atoms with Gasteiger partial charge in [-0.05, 0) is 41.2 Å². The van der Waals surface area contributed by atoms with Gasteiger partial charge < -0.3 is 9.47 Å². The molecule has 1 aliphatic rings. The molecule has 0 amide bonds. The molecule has 0 saturated carbocycles. The van der Waals surface area contributed by atoms with Gasteiger partial charge in [-0.1, -0.05) is 27.7 Å². The van der Waals surface area contributed by atoms with E-state index in [1.807, 2.05) is 32.9 Å². The van der Waals surface area contributed by atoms with E-state index in [-0.39, 0.29) is 17.3 Å². The Balaban J connectivity index is 2.69. The van der Waals surface area contributed by atoms with Crippen LogP contribution in [0.25, 0.3) is 5.57 Å². The fourth-order valence-electron chi connectivity index (χ4n) is 2.96. The monoisotopic (exact) mass is 313 g/mol. The first-order valence-corrected chi connectivity index (χ1v) is 7.69. The summed E-state index contributed by atoms with van der Waals surface area (Å²) in [5, 5.41) is 9.57. The number of allylic oxidation sites excluding steroid dienone is 2. The zero-order chi connectivity index (χ0) is 17.4. The molecule has 0 heterocycles. The summed E-state index contributed by atoms with van der Waals surface area (Å²) < 4.78 is 10.7. The topological polar surface area (TPSA) is 59.3 Å². The molecule has 4 heteroatoms. The maximum Gasteiger partial charge on any atom is 0.178 e. The van der Waals surface area contributed by atoms with Crippen molar-refractivity contribution in [2.45, 2.75) is 40.0 Å². The number of hydrogen-bond acceptors (Lipinski definition) is 4. The quantitative estimate of drug-likeness (QED) is 0.622. The second kappa shape index (κ2) is 6.08. The van der Waals surface area contributed by atoms with Crippen LogP contribution in [0.5, 0.6) is 11.5 Å². The fourth-order valence-corrected chi connectivity index (χ4v) is 2.96. The van der Waals surface area contributed by atoms with Gasteiger partial charge in [0, 0.05) is 5.41 Å². The Kier molecular flexibility index (Phi) is 4.51. The molecule has 122 valence electrons. The minimum absolute atomic E-state index is 0.121. The summed E-state index contributed by atoms with van der Waals surface area (Å²) >= 11 is 0. The molecule has 1 aliphatic carbocycles. The van der Waals surface area contributed by atoms with Gasteiger partial charge in [0.2, 0.25) is 0 Å². The maximum atomic E-state index is 12.6. The van der Waals surface area contributed by atoms with Gasteiger partial charge >= 0.3 is 0 Å². The van der Waals surface area contributed by atoms with Crippen molar-refractivity contribution in [1.82, 2.24) is 0 Å². The van der Waals surface area contributed by atoms with Crippen LogP contribution in [-0.4, -0.2) is 20.0 Å². The average molecular weight is 313 g/mol. The van der Waals surface area contributed by atoms with E-state index in [0.29, 0.717) is 17.9 Å². The van der Waals surface area contributed by atoms with Crippen molar-refractivity contribution in [2.75, 3.05) is 14.2 Å². The highest BCUT2D eigenvalue weighted by molar-refractivity contribution is 6.09. The van der Waals surface area contributed by atoms with E-state index in [1.165, 1.54) is 0 Å². The first-order valence-electron chi connectivity index (χ1n) is 7.69. The predicted octanol–water partition coefficient (Wildman–Crippen LogP) is 4.10. The molecule has 0 radical (unpaired) electrons. The number of carbonyl (C=O) groups excluding carboxylic acids is 1. The average Bonchev–Trinajstić information content (AvgIpc) is 2.82. The molecule has 0 aliphatic heterocycles. The molecule has 1 unspecified atom stereocenters. The van der Waals surface area contributed by atoms with Crippen molar-refractivity contribution < 1.29 is 14.3 Å². The number of rotatable bonds is 3. The van der Waals surface area contributed by atoms with E-state index in [0.717, 1.165) is 16.7 Å². The van der Waals surface area contributed by atoms with Crippen LogP contribution in [0.4, 0.5) is 0 Å². The van der Waals surface area contributed by atoms with Gasteiger partial charge in [-0.25, -0.2) is 0 Å². The van der Waals surface area contributed by atoms with E-state index in [2.05, 4.69) is 13.0 Å². The highest BCUT2D eigenvalue weighted by Gasteiger charge is 2.33. The van der Waals surface area contributed by atoms with Gasteiger partial charge in [0.25, 0.3) is 0 Å². The lowest BCUT2D eigenvalue weighted by molar-refractivity contribution is -0.122. The number of nitriles is 1. The van der Waals surface area contributed by atoms with E-state index >= 15 is 0 Å². The highest BCUT2D eigenvalue weighted by Crippen LogP contribution is 2.47. The minimum atomic E-state index is -0.583. The van der Waals surface area contributed by atoms with Crippen molar-refractivity contribution >= 4 is 11.4 Å². The van der Waals surface area contributed by atoms with Crippen LogP contribution < -0.4 is 9.47 Å². The number of ketones is 1. The number of nitrogens with zero attached hydrogens (tertiary/aromatic N) is 1. The second-order valence-corrected chi connectivity index (χ2v) is 6.94. The Labute approximate surface area is 137 Å². The van der Waals surface area contributed by atoms with Crippen molar-refractivity contribution in [2.24, 2.45) is 5.41 Å². The molecule has 1 atom stereocenters. The Morgan fingerprint density at radius 2 is 1.78 bits per heavy atom. The van der Waals surface area contributed by atoms with Crippen molar-refractivity contribution in [3.8, 4) is 17.6 Å². The lowest BCUT2D eigenvalue weighted by atomic mass is 9.84. The second-order valence-electron chi connectivity index (χ2n) is 6.94. The lowest BCUT2D eigenvalue weighted by Crippen LogP contribution is -2.22. The van der Waals surface area contributed by atoms with Crippen molar-refractivity contribution in [3.63, 3.8) is 0 Å². The van der Waals surface area contributed by atoms with Gasteiger partial charge in [-0.3, -0.25) is 4.79 Å². The van der Waals surface area contributed by atoms with Gasteiger partial charge in [-0.2, -0.15) is 5.26 Å². The smallest absolute Gasteiger partial charge is 0.178 e. The molecular weight excluding hydrogens is 290 g/mol. The third-order valence-electron chi connectivity index (χ3n) is 4.24. The van der Waals surface area contributed by atoms with Crippen molar-refractivity contribution in [3.05, 3.63) is 28.8 Å². The molecule has 1 aromatic carbocycles. The third kappa shape index (κ3) is 2.96. The summed E-state index contributed by atoms with van der Waals surface area (Å²) in [5.41, 5.74) is 2.50. The van der Waals surface area contributed by atoms with Crippen LogP contribution >= 0.6 is 0 Å². The van der Waals surface area contributed by atoms with Crippen LogP contribution in [0.3, 0.4) is 0 Å². The first kappa shape index (κ1) is 17.1.